The summed E-state index contributed by atoms with van der Waals surface area (Å²) in [5.41, 5.74) is 1.31. The summed E-state index contributed by atoms with van der Waals surface area (Å²) in [6.07, 6.45) is 0.783. The van der Waals surface area contributed by atoms with Crippen molar-refractivity contribution in [3.05, 3.63) is 30.3 Å². The van der Waals surface area contributed by atoms with Crippen LogP contribution in [0, 0.1) is 0 Å². The molecule has 0 bridgehead atoms. The lowest BCUT2D eigenvalue weighted by atomic mass is 10.2. The topological polar surface area (TPSA) is 29.5 Å². The van der Waals surface area contributed by atoms with Gasteiger partial charge in [-0.2, -0.15) is 0 Å². The summed E-state index contributed by atoms with van der Waals surface area (Å²) >= 11 is 0. The van der Waals surface area contributed by atoms with Gasteiger partial charge in [0.05, 0.1) is 0 Å². The molecule has 3 heteroatoms. The van der Waals surface area contributed by atoms with Crippen LogP contribution in [0.4, 0.5) is 5.69 Å². The van der Waals surface area contributed by atoms with Crippen molar-refractivity contribution >= 4 is 5.69 Å². The minimum atomic E-state index is 0.0545. The van der Waals surface area contributed by atoms with Gasteiger partial charge in [-0.3, -0.25) is 4.90 Å². The van der Waals surface area contributed by atoms with E-state index in [0.717, 1.165) is 39.1 Å². The van der Waals surface area contributed by atoms with Gasteiger partial charge >= 0.3 is 0 Å². The van der Waals surface area contributed by atoms with Gasteiger partial charge in [0.2, 0.25) is 0 Å². The van der Waals surface area contributed by atoms with Crippen molar-refractivity contribution in [3.63, 3.8) is 0 Å². The van der Waals surface area contributed by atoms with Gasteiger partial charge < -0.3 is 10.0 Å². The van der Waals surface area contributed by atoms with Crippen LogP contribution in [0.15, 0.2) is 30.3 Å². The molecule has 0 saturated carbocycles. The van der Waals surface area contributed by atoms with Crippen LogP contribution >= 0.6 is 0 Å². The summed E-state index contributed by atoms with van der Waals surface area (Å²) in [5, 5.41) is 10.4. The van der Waals surface area contributed by atoms with Crippen molar-refractivity contribution in [2.75, 3.05) is 44.2 Å². The van der Waals surface area contributed by atoms with Gasteiger partial charge in [0.25, 0.3) is 0 Å². The molecule has 0 aliphatic carbocycles. The van der Waals surface area contributed by atoms with Crippen LogP contribution in [0.3, 0.4) is 0 Å². The molecule has 1 fully saturated rings. The average Bonchev–Trinajstić information content (AvgIpc) is 2.38. The monoisotopic (exact) mass is 219 g/mol. The maximum absolute atomic E-state index is 10.4. The van der Waals surface area contributed by atoms with Crippen LogP contribution in [0.5, 0.6) is 0 Å². The fraction of sp³-hybridized carbons (Fsp3) is 0.538. The molecule has 88 valence electrons. The first-order valence-electron chi connectivity index (χ1n) is 6.00. The molecule has 0 aromatic heterocycles. The SMILES string of the molecule is [O-]CCCN1CCN(c2ccccc2)CC1. The largest absolute Gasteiger partial charge is 0.854 e. The van der Waals surface area contributed by atoms with Crippen molar-refractivity contribution in [2.45, 2.75) is 6.42 Å². The van der Waals surface area contributed by atoms with Crippen LogP contribution < -0.4 is 10.0 Å². The van der Waals surface area contributed by atoms with E-state index in [-0.39, 0.29) is 6.61 Å². The Balaban J connectivity index is 1.81. The molecule has 0 N–H and O–H groups in total. The van der Waals surface area contributed by atoms with Crippen molar-refractivity contribution in [1.82, 2.24) is 4.90 Å². The van der Waals surface area contributed by atoms with Crippen LogP contribution in [0.1, 0.15) is 6.42 Å². The fourth-order valence-electron chi connectivity index (χ4n) is 2.16. The van der Waals surface area contributed by atoms with Crippen LogP contribution in [0.2, 0.25) is 0 Å². The van der Waals surface area contributed by atoms with E-state index < -0.39 is 0 Å². The molecule has 1 aliphatic rings. The standard InChI is InChI=1S/C13H19N2O/c16-12-4-7-14-8-10-15(11-9-14)13-5-2-1-3-6-13/h1-3,5-6H,4,7-12H2/q-1. The summed E-state index contributed by atoms with van der Waals surface area (Å²) in [6, 6.07) is 10.5. The van der Waals surface area contributed by atoms with E-state index in [0.29, 0.717) is 0 Å². The van der Waals surface area contributed by atoms with Crippen LogP contribution in [-0.2, 0) is 0 Å². The first kappa shape index (κ1) is 11.4. The molecule has 0 atom stereocenters. The highest BCUT2D eigenvalue weighted by molar-refractivity contribution is 5.46. The van der Waals surface area contributed by atoms with Crippen molar-refractivity contribution in [2.24, 2.45) is 0 Å². The summed E-state index contributed by atoms with van der Waals surface area (Å²) in [6.45, 7) is 5.32. The Labute approximate surface area is 97.3 Å². The zero-order chi connectivity index (χ0) is 11.2. The van der Waals surface area contributed by atoms with Gasteiger partial charge in [0, 0.05) is 31.9 Å². The molecule has 0 spiro atoms. The molecule has 2 rings (SSSR count). The van der Waals surface area contributed by atoms with E-state index >= 15 is 0 Å². The van der Waals surface area contributed by atoms with E-state index in [1.807, 2.05) is 6.07 Å². The maximum atomic E-state index is 10.4. The minimum absolute atomic E-state index is 0.0545. The molecule has 16 heavy (non-hydrogen) atoms. The summed E-state index contributed by atoms with van der Waals surface area (Å²) in [4.78, 5) is 4.80. The lowest BCUT2D eigenvalue weighted by molar-refractivity contribution is -0.368. The Morgan fingerprint density at radius 2 is 1.69 bits per heavy atom. The Morgan fingerprint density at radius 3 is 2.31 bits per heavy atom. The smallest absolute Gasteiger partial charge is 0.0367 e. The highest BCUT2D eigenvalue weighted by Gasteiger charge is 2.15. The Bertz CT molecular complexity index is 294. The Hall–Kier alpha value is -1.06. The van der Waals surface area contributed by atoms with Gasteiger partial charge in [0.1, 0.15) is 0 Å². The summed E-state index contributed by atoms with van der Waals surface area (Å²) < 4.78 is 0. The third-order valence-corrected chi connectivity index (χ3v) is 3.11. The third-order valence-electron chi connectivity index (χ3n) is 3.11. The van der Waals surface area contributed by atoms with E-state index in [1.165, 1.54) is 5.69 Å². The highest BCUT2D eigenvalue weighted by Crippen LogP contribution is 2.15. The van der Waals surface area contributed by atoms with Gasteiger partial charge in [-0.05, 0) is 18.7 Å². The second-order valence-electron chi connectivity index (χ2n) is 4.22. The number of benzene rings is 1. The number of anilines is 1. The second kappa shape index (κ2) is 5.87. The number of piperazine rings is 1. The molecular weight excluding hydrogens is 200 g/mol. The molecule has 1 aromatic carbocycles. The highest BCUT2D eigenvalue weighted by atomic mass is 16.3. The molecule has 0 amide bonds. The van der Waals surface area contributed by atoms with E-state index in [4.69, 9.17) is 0 Å². The first-order chi connectivity index (χ1) is 7.90. The molecule has 1 aromatic rings. The van der Waals surface area contributed by atoms with E-state index in [9.17, 15) is 5.11 Å². The van der Waals surface area contributed by atoms with Crippen LogP contribution in [-0.4, -0.2) is 44.2 Å². The lowest BCUT2D eigenvalue weighted by Crippen LogP contribution is -2.46. The molecule has 3 nitrogen and oxygen atoms in total. The average molecular weight is 219 g/mol. The number of para-hydroxylation sites is 1. The molecule has 0 unspecified atom stereocenters. The predicted molar refractivity (Wildman–Crippen MR) is 64.6 cm³/mol. The van der Waals surface area contributed by atoms with Gasteiger partial charge in [0.15, 0.2) is 0 Å². The predicted octanol–water partition coefficient (Wildman–Crippen LogP) is 0.559. The molecule has 1 heterocycles. The van der Waals surface area contributed by atoms with Crippen LogP contribution in [0.25, 0.3) is 0 Å². The number of hydrogen-bond acceptors (Lipinski definition) is 3. The first-order valence-corrected chi connectivity index (χ1v) is 6.00. The van der Waals surface area contributed by atoms with E-state index in [1.54, 1.807) is 0 Å². The molecule has 1 aliphatic heterocycles. The zero-order valence-electron chi connectivity index (χ0n) is 9.64. The fourth-order valence-corrected chi connectivity index (χ4v) is 2.16. The third kappa shape index (κ3) is 2.97. The Morgan fingerprint density at radius 1 is 1.00 bits per heavy atom. The number of nitrogens with zero attached hydrogens (tertiary/aromatic N) is 2. The van der Waals surface area contributed by atoms with Gasteiger partial charge in [-0.25, -0.2) is 0 Å². The van der Waals surface area contributed by atoms with Crippen molar-refractivity contribution in [3.8, 4) is 0 Å². The van der Waals surface area contributed by atoms with E-state index in [2.05, 4.69) is 34.1 Å². The zero-order valence-corrected chi connectivity index (χ0v) is 9.64. The maximum Gasteiger partial charge on any atom is 0.0367 e. The van der Waals surface area contributed by atoms with Crippen molar-refractivity contribution in [1.29, 1.82) is 0 Å². The summed E-state index contributed by atoms with van der Waals surface area (Å²) in [5.74, 6) is 0. The normalized spacial score (nSPS) is 17.7. The lowest BCUT2D eigenvalue weighted by Gasteiger charge is -2.36. The molecule has 1 saturated heterocycles. The van der Waals surface area contributed by atoms with Crippen molar-refractivity contribution < 1.29 is 5.11 Å². The summed E-state index contributed by atoms with van der Waals surface area (Å²) in [7, 11) is 0. The Kier molecular flexibility index (Phi) is 4.19. The molecule has 0 radical (unpaired) electrons. The quantitative estimate of drug-likeness (QED) is 0.741. The van der Waals surface area contributed by atoms with Gasteiger partial charge in [-0.1, -0.05) is 24.6 Å². The second-order valence-corrected chi connectivity index (χ2v) is 4.22. The molecular formula is C13H19N2O-. The number of hydrogen-bond donors (Lipinski definition) is 0. The minimum Gasteiger partial charge on any atom is -0.854 e. The van der Waals surface area contributed by atoms with Gasteiger partial charge in [-0.15, -0.1) is 6.61 Å². The number of rotatable bonds is 4.